The van der Waals surface area contributed by atoms with Crippen molar-refractivity contribution < 1.29 is 9.53 Å². The highest BCUT2D eigenvalue weighted by atomic mass is 32.1. The van der Waals surface area contributed by atoms with Crippen molar-refractivity contribution in [3.05, 3.63) is 46.2 Å². The van der Waals surface area contributed by atoms with Crippen LogP contribution in [0.3, 0.4) is 0 Å². The van der Waals surface area contributed by atoms with Gasteiger partial charge in [-0.2, -0.15) is 0 Å². The Kier molecular flexibility index (Phi) is 3.59. The molecule has 0 saturated heterocycles. The van der Waals surface area contributed by atoms with Crippen LogP contribution >= 0.6 is 11.3 Å². The van der Waals surface area contributed by atoms with Gasteiger partial charge in [-0.15, -0.1) is 11.3 Å². The molecule has 2 rings (SSSR count). The molecule has 3 heteroatoms. The van der Waals surface area contributed by atoms with Gasteiger partial charge in [-0.05, 0) is 36.4 Å². The van der Waals surface area contributed by atoms with E-state index in [9.17, 15) is 4.79 Å². The molecule has 1 heterocycles. The summed E-state index contributed by atoms with van der Waals surface area (Å²) in [7, 11) is 0. The van der Waals surface area contributed by atoms with E-state index in [4.69, 9.17) is 4.74 Å². The first-order valence-corrected chi connectivity index (χ1v) is 6.41. The molecule has 1 aromatic heterocycles. The number of thiophene rings is 1. The Bertz CT molecular complexity index is 511. The van der Waals surface area contributed by atoms with Gasteiger partial charge >= 0.3 is 5.97 Å². The zero-order valence-corrected chi connectivity index (χ0v) is 10.7. The summed E-state index contributed by atoms with van der Waals surface area (Å²) in [6.45, 7) is 4.28. The molecule has 1 aromatic carbocycles. The van der Waals surface area contributed by atoms with Crippen LogP contribution in [0.5, 0.6) is 0 Å². The quantitative estimate of drug-likeness (QED) is 0.768. The van der Waals surface area contributed by atoms with Crippen molar-refractivity contribution in [3.63, 3.8) is 0 Å². The van der Waals surface area contributed by atoms with Gasteiger partial charge in [0.15, 0.2) is 0 Å². The van der Waals surface area contributed by atoms with Crippen LogP contribution in [0.4, 0.5) is 0 Å². The van der Waals surface area contributed by atoms with Crippen molar-refractivity contribution in [3.8, 4) is 11.1 Å². The molecule has 0 aliphatic rings. The fraction of sp³-hybridized carbons (Fsp3) is 0.214. The average molecular weight is 246 g/mol. The molecule has 17 heavy (non-hydrogen) atoms. The minimum Gasteiger partial charge on any atom is -0.462 e. The topological polar surface area (TPSA) is 26.3 Å². The number of carbonyl (C=O) groups is 1. The molecule has 0 fully saturated rings. The molecule has 0 aliphatic heterocycles. The Morgan fingerprint density at radius 2 is 1.94 bits per heavy atom. The van der Waals surface area contributed by atoms with E-state index in [-0.39, 0.29) is 5.97 Å². The predicted molar refractivity (Wildman–Crippen MR) is 70.4 cm³/mol. The molecule has 2 nitrogen and oxygen atoms in total. The van der Waals surface area contributed by atoms with Crippen LogP contribution in [0.25, 0.3) is 11.1 Å². The number of hydrogen-bond donors (Lipinski definition) is 0. The van der Waals surface area contributed by atoms with Crippen molar-refractivity contribution in [2.75, 3.05) is 6.61 Å². The Balaban J connectivity index is 2.23. The van der Waals surface area contributed by atoms with Crippen molar-refractivity contribution in [2.45, 2.75) is 13.8 Å². The van der Waals surface area contributed by atoms with Crippen LogP contribution in [-0.4, -0.2) is 12.6 Å². The summed E-state index contributed by atoms with van der Waals surface area (Å²) >= 11 is 1.42. The molecule has 0 spiro atoms. The fourth-order valence-corrected chi connectivity index (χ4v) is 2.35. The van der Waals surface area contributed by atoms with E-state index in [1.165, 1.54) is 16.9 Å². The van der Waals surface area contributed by atoms with Gasteiger partial charge in [-0.1, -0.05) is 29.8 Å². The van der Waals surface area contributed by atoms with Gasteiger partial charge < -0.3 is 4.74 Å². The van der Waals surface area contributed by atoms with Crippen LogP contribution in [0, 0.1) is 6.92 Å². The fourth-order valence-electron chi connectivity index (χ4n) is 1.54. The van der Waals surface area contributed by atoms with E-state index < -0.39 is 0 Å². The lowest BCUT2D eigenvalue weighted by atomic mass is 10.1. The Labute approximate surface area is 105 Å². The van der Waals surface area contributed by atoms with E-state index in [2.05, 4.69) is 31.2 Å². The first-order valence-electron chi connectivity index (χ1n) is 5.53. The summed E-state index contributed by atoms with van der Waals surface area (Å²) in [6.07, 6.45) is 0. The van der Waals surface area contributed by atoms with Gasteiger partial charge in [-0.3, -0.25) is 0 Å². The minimum absolute atomic E-state index is 0.240. The van der Waals surface area contributed by atoms with E-state index in [1.54, 1.807) is 0 Å². The van der Waals surface area contributed by atoms with Gasteiger partial charge in [0.2, 0.25) is 0 Å². The Morgan fingerprint density at radius 3 is 2.59 bits per heavy atom. The lowest BCUT2D eigenvalue weighted by Gasteiger charge is -1.98. The molecular weight excluding hydrogens is 232 g/mol. The molecule has 88 valence electrons. The number of benzene rings is 1. The maximum Gasteiger partial charge on any atom is 0.348 e. The highest BCUT2D eigenvalue weighted by molar-refractivity contribution is 7.12. The SMILES string of the molecule is CCOC(=O)c1cc(-c2ccc(C)cc2)cs1. The minimum atomic E-state index is -0.240. The smallest absolute Gasteiger partial charge is 0.348 e. The van der Waals surface area contributed by atoms with Gasteiger partial charge in [0.1, 0.15) is 4.88 Å². The third kappa shape index (κ3) is 2.74. The van der Waals surface area contributed by atoms with Gasteiger partial charge in [-0.25, -0.2) is 4.79 Å². The van der Waals surface area contributed by atoms with Crippen LogP contribution in [0.15, 0.2) is 35.7 Å². The van der Waals surface area contributed by atoms with Crippen molar-refractivity contribution in [1.29, 1.82) is 0 Å². The van der Waals surface area contributed by atoms with Crippen LogP contribution < -0.4 is 0 Å². The summed E-state index contributed by atoms with van der Waals surface area (Å²) in [5.41, 5.74) is 3.43. The predicted octanol–water partition coefficient (Wildman–Crippen LogP) is 3.90. The Morgan fingerprint density at radius 1 is 1.24 bits per heavy atom. The lowest BCUT2D eigenvalue weighted by molar-refractivity contribution is 0.0532. The van der Waals surface area contributed by atoms with E-state index in [0.717, 1.165) is 11.1 Å². The molecule has 0 bridgehead atoms. The standard InChI is InChI=1S/C14H14O2S/c1-3-16-14(15)13-8-12(9-17-13)11-6-4-10(2)5-7-11/h4-9H,3H2,1-2H3. The van der Waals surface area contributed by atoms with Crippen molar-refractivity contribution >= 4 is 17.3 Å². The van der Waals surface area contributed by atoms with Crippen LogP contribution in [-0.2, 0) is 4.74 Å². The molecule has 2 aromatic rings. The highest BCUT2D eigenvalue weighted by Crippen LogP contribution is 2.26. The summed E-state index contributed by atoms with van der Waals surface area (Å²) in [6, 6.07) is 10.1. The number of ether oxygens (including phenoxy) is 1. The van der Waals surface area contributed by atoms with Crippen LogP contribution in [0.1, 0.15) is 22.2 Å². The molecule has 0 atom stereocenters. The van der Waals surface area contributed by atoms with Crippen molar-refractivity contribution in [1.82, 2.24) is 0 Å². The molecule has 0 amide bonds. The lowest BCUT2D eigenvalue weighted by Crippen LogP contribution is -2.01. The molecule has 0 N–H and O–H groups in total. The second-order valence-corrected chi connectivity index (χ2v) is 4.70. The maximum atomic E-state index is 11.5. The number of carbonyl (C=O) groups excluding carboxylic acids is 1. The summed E-state index contributed by atoms with van der Waals surface area (Å²) in [4.78, 5) is 12.2. The average Bonchev–Trinajstić information content (AvgIpc) is 2.80. The van der Waals surface area contributed by atoms with Crippen LogP contribution in [0.2, 0.25) is 0 Å². The molecule has 0 saturated carbocycles. The monoisotopic (exact) mass is 246 g/mol. The molecular formula is C14H14O2S. The Hall–Kier alpha value is -1.61. The van der Waals surface area contributed by atoms with E-state index in [0.29, 0.717) is 11.5 Å². The second-order valence-electron chi connectivity index (χ2n) is 3.79. The normalized spacial score (nSPS) is 10.2. The maximum absolute atomic E-state index is 11.5. The first kappa shape index (κ1) is 11.9. The third-order valence-electron chi connectivity index (χ3n) is 2.46. The van der Waals surface area contributed by atoms with Gasteiger partial charge in [0.25, 0.3) is 0 Å². The second kappa shape index (κ2) is 5.15. The zero-order valence-electron chi connectivity index (χ0n) is 9.90. The molecule has 0 radical (unpaired) electrons. The van der Waals surface area contributed by atoms with E-state index >= 15 is 0 Å². The number of rotatable bonds is 3. The largest absolute Gasteiger partial charge is 0.462 e. The zero-order chi connectivity index (χ0) is 12.3. The summed E-state index contributed by atoms with van der Waals surface area (Å²) < 4.78 is 4.97. The molecule has 0 aliphatic carbocycles. The van der Waals surface area contributed by atoms with Crippen molar-refractivity contribution in [2.24, 2.45) is 0 Å². The third-order valence-corrected chi connectivity index (χ3v) is 3.37. The summed E-state index contributed by atoms with van der Waals surface area (Å²) in [5, 5.41) is 1.98. The van der Waals surface area contributed by atoms with Gasteiger partial charge in [0.05, 0.1) is 6.61 Å². The number of aryl methyl sites for hydroxylation is 1. The number of esters is 1. The molecule has 0 unspecified atom stereocenters. The van der Waals surface area contributed by atoms with E-state index in [1.807, 2.05) is 18.4 Å². The highest BCUT2D eigenvalue weighted by Gasteiger charge is 2.10. The number of hydrogen-bond acceptors (Lipinski definition) is 3. The summed E-state index contributed by atoms with van der Waals surface area (Å²) in [5.74, 6) is -0.240. The van der Waals surface area contributed by atoms with Gasteiger partial charge in [0, 0.05) is 0 Å². The first-order chi connectivity index (χ1) is 8.20.